The van der Waals surface area contributed by atoms with Gasteiger partial charge in [0.25, 0.3) is 0 Å². The number of carboxylic acids is 1. The molecule has 0 unspecified atom stereocenters. The van der Waals surface area contributed by atoms with Gasteiger partial charge in [0, 0.05) is 12.6 Å². The molecule has 1 heterocycles. The summed E-state index contributed by atoms with van der Waals surface area (Å²) in [6.45, 7) is 0. The topological polar surface area (TPSA) is 97.4 Å². The number of rotatable bonds is 4. The maximum Gasteiger partial charge on any atom is 0.356 e. The van der Waals surface area contributed by atoms with Crippen molar-refractivity contribution in [3.05, 3.63) is 29.5 Å². The zero-order chi connectivity index (χ0) is 15.6. The molecule has 0 bridgehead atoms. The third-order valence-corrected chi connectivity index (χ3v) is 2.99. The molecule has 0 aliphatic heterocycles. The summed E-state index contributed by atoms with van der Waals surface area (Å²) >= 11 is 0. The summed E-state index contributed by atoms with van der Waals surface area (Å²) in [5.74, 6) is -0.383. The van der Waals surface area contributed by atoms with Gasteiger partial charge < -0.3 is 14.6 Å². The minimum Gasteiger partial charge on any atom is -0.493 e. The van der Waals surface area contributed by atoms with Crippen LogP contribution in [0.15, 0.2) is 18.2 Å². The van der Waals surface area contributed by atoms with Gasteiger partial charge in [0.05, 0.1) is 25.5 Å². The first kappa shape index (κ1) is 14.4. The molecule has 21 heavy (non-hydrogen) atoms. The van der Waals surface area contributed by atoms with Crippen molar-refractivity contribution in [3.8, 4) is 28.8 Å². The van der Waals surface area contributed by atoms with Crippen molar-refractivity contribution in [1.82, 2.24) is 9.78 Å². The number of methoxy groups -OCH3 is 2. The fourth-order valence-electron chi connectivity index (χ4n) is 2.04. The minimum absolute atomic E-state index is 0.0687. The monoisotopic (exact) mass is 287 g/mol. The molecule has 0 aliphatic rings. The van der Waals surface area contributed by atoms with Crippen molar-refractivity contribution < 1.29 is 19.4 Å². The first-order valence-corrected chi connectivity index (χ1v) is 5.95. The molecule has 2 rings (SSSR count). The number of carbonyl (C=O) groups is 1. The van der Waals surface area contributed by atoms with Gasteiger partial charge in [0.15, 0.2) is 17.2 Å². The van der Waals surface area contributed by atoms with Crippen LogP contribution in [-0.2, 0) is 7.05 Å². The molecule has 0 atom stereocenters. The number of aromatic carboxylic acids is 1. The lowest BCUT2D eigenvalue weighted by Gasteiger charge is -2.11. The Morgan fingerprint density at radius 2 is 2.05 bits per heavy atom. The number of aryl methyl sites for hydroxylation is 1. The van der Waals surface area contributed by atoms with E-state index >= 15 is 0 Å². The molecule has 0 amide bonds. The third kappa shape index (κ3) is 2.51. The maximum absolute atomic E-state index is 11.0. The van der Waals surface area contributed by atoms with E-state index in [1.54, 1.807) is 19.2 Å². The Labute approximate surface area is 120 Å². The molecule has 0 spiro atoms. The molecule has 0 saturated heterocycles. The van der Waals surface area contributed by atoms with Crippen LogP contribution in [-0.4, -0.2) is 35.1 Å². The second-order valence-electron chi connectivity index (χ2n) is 4.21. The molecule has 0 fully saturated rings. The molecule has 0 radical (unpaired) electrons. The zero-order valence-electron chi connectivity index (χ0n) is 11.7. The van der Waals surface area contributed by atoms with Crippen LogP contribution >= 0.6 is 0 Å². The molecule has 1 aromatic carbocycles. The van der Waals surface area contributed by atoms with Crippen LogP contribution in [0.3, 0.4) is 0 Å². The molecule has 7 nitrogen and oxygen atoms in total. The Morgan fingerprint density at radius 1 is 1.33 bits per heavy atom. The van der Waals surface area contributed by atoms with Gasteiger partial charge in [-0.3, -0.25) is 4.68 Å². The van der Waals surface area contributed by atoms with Crippen LogP contribution in [0.2, 0.25) is 0 Å². The summed E-state index contributed by atoms with van der Waals surface area (Å²) in [5, 5.41) is 22.1. The fraction of sp³-hybridized carbons (Fsp3) is 0.214. The molecular formula is C14H13N3O4. The van der Waals surface area contributed by atoms with Crippen molar-refractivity contribution in [2.75, 3.05) is 14.2 Å². The van der Waals surface area contributed by atoms with E-state index in [0.29, 0.717) is 28.3 Å². The number of hydrogen-bond donors (Lipinski definition) is 1. The molecule has 2 aromatic rings. The fourth-order valence-corrected chi connectivity index (χ4v) is 2.04. The van der Waals surface area contributed by atoms with E-state index in [0.717, 1.165) is 0 Å². The van der Waals surface area contributed by atoms with Crippen molar-refractivity contribution >= 4 is 5.97 Å². The van der Waals surface area contributed by atoms with E-state index < -0.39 is 5.97 Å². The number of carboxylic acid groups (broad SMARTS) is 1. The normalized spacial score (nSPS) is 10.0. The summed E-state index contributed by atoms with van der Waals surface area (Å²) in [4.78, 5) is 11.0. The highest BCUT2D eigenvalue weighted by Gasteiger charge is 2.17. The molecule has 108 valence electrons. The predicted octanol–water partition coefficient (Wildman–Crippen LogP) is 1.67. The van der Waals surface area contributed by atoms with Crippen LogP contribution < -0.4 is 9.47 Å². The standard InChI is InChI=1S/C14H13N3O4/c1-17-11(6-10(16-17)14(18)19)8-4-9(7-15)13(21-3)12(5-8)20-2/h4-6H,1-3H3,(H,18,19). The zero-order valence-corrected chi connectivity index (χ0v) is 11.7. The lowest BCUT2D eigenvalue weighted by Crippen LogP contribution is -2.00. The van der Waals surface area contributed by atoms with Crippen LogP contribution in [0.25, 0.3) is 11.3 Å². The summed E-state index contributed by atoms with van der Waals surface area (Å²) in [7, 11) is 4.55. The number of aromatic nitrogens is 2. The molecule has 7 heteroatoms. The van der Waals surface area contributed by atoms with Gasteiger partial charge in [0.2, 0.25) is 0 Å². The summed E-state index contributed by atoms with van der Waals surface area (Å²) in [5.41, 5.74) is 1.40. The van der Waals surface area contributed by atoms with Gasteiger partial charge >= 0.3 is 5.97 Å². The predicted molar refractivity (Wildman–Crippen MR) is 73.4 cm³/mol. The lowest BCUT2D eigenvalue weighted by molar-refractivity contribution is 0.0689. The van der Waals surface area contributed by atoms with E-state index in [1.807, 2.05) is 6.07 Å². The molecular weight excluding hydrogens is 274 g/mol. The Bertz CT molecular complexity index is 743. The number of nitrogens with zero attached hydrogens (tertiary/aromatic N) is 3. The SMILES string of the molecule is COc1cc(-c2cc(C(=O)O)nn2C)cc(C#N)c1OC. The van der Waals surface area contributed by atoms with E-state index in [2.05, 4.69) is 5.10 Å². The van der Waals surface area contributed by atoms with E-state index in [1.165, 1.54) is 25.0 Å². The van der Waals surface area contributed by atoms with Crippen LogP contribution in [0.5, 0.6) is 11.5 Å². The van der Waals surface area contributed by atoms with Gasteiger partial charge in [0.1, 0.15) is 6.07 Å². The van der Waals surface area contributed by atoms with E-state index in [9.17, 15) is 10.1 Å². The Hall–Kier alpha value is -3.01. The average molecular weight is 287 g/mol. The van der Waals surface area contributed by atoms with E-state index in [4.69, 9.17) is 14.6 Å². The van der Waals surface area contributed by atoms with Crippen LogP contribution in [0.4, 0.5) is 0 Å². The molecule has 1 N–H and O–H groups in total. The first-order chi connectivity index (χ1) is 10.0. The van der Waals surface area contributed by atoms with Gasteiger partial charge in [-0.15, -0.1) is 0 Å². The number of benzene rings is 1. The third-order valence-electron chi connectivity index (χ3n) is 2.99. The summed E-state index contributed by atoms with van der Waals surface area (Å²) < 4.78 is 11.8. The molecule has 0 aliphatic carbocycles. The second-order valence-corrected chi connectivity index (χ2v) is 4.21. The quantitative estimate of drug-likeness (QED) is 0.918. The smallest absolute Gasteiger partial charge is 0.356 e. The van der Waals surface area contributed by atoms with Crippen molar-refractivity contribution in [2.45, 2.75) is 0 Å². The highest BCUT2D eigenvalue weighted by atomic mass is 16.5. The van der Waals surface area contributed by atoms with Crippen LogP contribution in [0.1, 0.15) is 16.1 Å². The highest BCUT2D eigenvalue weighted by molar-refractivity contribution is 5.87. The maximum atomic E-state index is 11.0. The summed E-state index contributed by atoms with van der Waals surface area (Å²) in [6, 6.07) is 6.73. The van der Waals surface area contributed by atoms with Gasteiger partial charge in [-0.25, -0.2) is 4.79 Å². The van der Waals surface area contributed by atoms with Crippen molar-refractivity contribution in [2.24, 2.45) is 7.05 Å². The molecule has 0 saturated carbocycles. The van der Waals surface area contributed by atoms with Crippen LogP contribution in [0, 0.1) is 11.3 Å². The Kier molecular flexibility index (Phi) is 3.80. The number of hydrogen-bond acceptors (Lipinski definition) is 5. The van der Waals surface area contributed by atoms with Gasteiger partial charge in [-0.1, -0.05) is 0 Å². The van der Waals surface area contributed by atoms with E-state index in [-0.39, 0.29) is 5.69 Å². The minimum atomic E-state index is -1.11. The molecule has 1 aromatic heterocycles. The summed E-state index contributed by atoms with van der Waals surface area (Å²) in [6.07, 6.45) is 0. The number of nitriles is 1. The largest absolute Gasteiger partial charge is 0.493 e. The second kappa shape index (κ2) is 5.54. The average Bonchev–Trinajstić information content (AvgIpc) is 2.87. The Morgan fingerprint density at radius 3 is 2.52 bits per heavy atom. The van der Waals surface area contributed by atoms with Crippen molar-refractivity contribution in [1.29, 1.82) is 5.26 Å². The number of ether oxygens (including phenoxy) is 2. The highest BCUT2D eigenvalue weighted by Crippen LogP contribution is 2.36. The first-order valence-electron chi connectivity index (χ1n) is 5.95. The Balaban J connectivity index is 2.65. The van der Waals surface area contributed by atoms with Gasteiger partial charge in [-0.05, 0) is 18.2 Å². The lowest BCUT2D eigenvalue weighted by atomic mass is 10.1. The van der Waals surface area contributed by atoms with Gasteiger partial charge in [-0.2, -0.15) is 10.4 Å². The van der Waals surface area contributed by atoms with Crippen molar-refractivity contribution in [3.63, 3.8) is 0 Å².